The van der Waals surface area contributed by atoms with E-state index < -0.39 is 0 Å². The zero-order valence-corrected chi connectivity index (χ0v) is 9.74. The van der Waals surface area contributed by atoms with Crippen molar-refractivity contribution in [2.24, 2.45) is 0 Å². The first-order valence-electron chi connectivity index (χ1n) is 5.18. The standard InChI is InChI=1S/C12H21NO/c1-6-8-11(10(5)7-2)12(14)13-9(3)4/h3,6-8H2,1-2,4-5H3,(H,13,14)/b11-10+. The molecule has 2 nitrogen and oxygen atoms in total. The molecule has 0 unspecified atom stereocenters. The lowest BCUT2D eigenvalue weighted by atomic mass is 10.0. The molecule has 0 radical (unpaired) electrons. The van der Waals surface area contributed by atoms with Gasteiger partial charge in [0.25, 0.3) is 5.91 Å². The molecule has 0 aliphatic carbocycles. The predicted octanol–water partition coefficient (Wildman–Crippen LogP) is 3.16. The zero-order valence-electron chi connectivity index (χ0n) is 9.74. The van der Waals surface area contributed by atoms with Crippen molar-refractivity contribution in [1.82, 2.24) is 5.32 Å². The number of rotatable bonds is 5. The van der Waals surface area contributed by atoms with Crippen LogP contribution in [0.15, 0.2) is 23.4 Å². The molecule has 2 heteroatoms. The lowest BCUT2D eigenvalue weighted by molar-refractivity contribution is -0.117. The molecule has 1 amide bonds. The Morgan fingerprint density at radius 2 is 1.86 bits per heavy atom. The molecule has 0 atom stereocenters. The summed E-state index contributed by atoms with van der Waals surface area (Å²) >= 11 is 0. The van der Waals surface area contributed by atoms with Crippen LogP contribution in [0.5, 0.6) is 0 Å². The van der Waals surface area contributed by atoms with Crippen molar-refractivity contribution in [3.63, 3.8) is 0 Å². The number of carbonyl (C=O) groups is 1. The summed E-state index contributed by atoms with van der Waals surface area (Å²) < 4.78 is 0. The fourth-order valence-electron chi connectivity index (χ4n) is 1.25. The van der Waals surface area contributed by atoms with E-state index in [1.807, 2.05) is 6.92 Å². The Morgan fingerprint density at radius 3 is 2.21 bits per heavy atom. The van der Waals surface area contributed by atoms with Crippen LogP contribution in [0.25, 0.3) is 0 Å². The van der Waals surface area contributed by atoms with Crippen molar-refractivity contribution in [3.8, 4) is 0 Å². The van der Waals surface area contributed by atoms with Gasteiger partial charge in [0.1, 0.15) is 0 Å². The highest BCUT2D eigenvalue weighted by Crippen LogP contribution is 2.14. The topological polar surface area (TPSA) is 29.1 Å². The van der Waals surface area contributed by atoms with Crippen LogP contribution in [0, 0.1) is 0 Å². The minimum Gasteiger partial charge on any atom is -0.327 e. The maximum Gasteiger partial charge on any atom is 0.251 e. The van der Waals surface area contributed by atoms with Crippen molar-refractivity contribution in [3.05, 3.63) is 23.4 Å². The van der Waals surface area contributed by atoms with Gasteiger partial charge < -0.3 is 5.32 Å². The van der Waals surface area contributed by atoms with Gasteiger partial charge in [-0.25, -0.2) is 0 Å². The molecule has 14 heavy (non-hydrogen) atoms. The molecule has 0 spiro atoms. The average molecular weight is 195 g/mol. The van der Waals surface area contributed by atoms with E-state index in [1.165, 1.54) is 5.57 Å². The van der Waals surface area contributed by atoms with Crippen molar-refractivity contribution in [2.45, 2.75) is 47.0 Å². The predicted molar refractivity (Wildman–Crippen MR) is 60.9 cm³/mol. The van der Waals surface area contributed by atoms with Crippen LogP contribution < -0.4 is 5.32 Å². The molecule has 0 heterocycles. The number of amides is 1. The number of carbonyl (C=O) groups excluding carboxylic acids is 1. The highest BCUT2D eigenvalue weighted by molar-refractivity contribution is 5.95. The fourth-order valence-corrected chi connectivity index (χ4v) is 1.25. The third-order valence-corrected chi connectivity index (χ3v) is 2.15. The van der Waals surface area contributed by atoms with Gasteiger partial charge in [0, 0.05) is 11.3 Å². The van der Waals surface area contributed by atoms with Crippen LogP contribution in [0.1, 0.15) is 47.0 Å². The second-order valence-corrected chi connectivity index (χ2v) is 3.60. The second-order valence-electron chi connectivity index (χ2n) is 3.60. The molecule has 0 aliphatic rings. The minimum absolute atomic E-state index is 0.0127. The summed E-state index contributed by atoms with van der Waals surface area (Å²) in [5.41, 5.74) is 2.79. The number of nitrogens with one attached hydrogen (secondary N) is 1. The molecule has 0 aromatic carbocycles. The summed E-state index contributed by atoms with van der Waals surface area (Å²) in [6, 6.07) is 0. The Balaban J connectivity index is 4.66. The van der Waals surface area contributed by atoms with E-state index in [2.05, 4.69) is 25.7 Å². The third-order valence-electron chi connectivity index (χ3n) is 2.15. The van der Waals surface area contributed by atoms with E-state index in [1.54, 1.807) is 6.92 Å². The maximum atomic E-state index is 11.7. The van der Waals surface area contributed by atoms with E-state index >= 15 is 0 Å². The van der Waals surface area contributed by atoms with Gasteiger partial charge >= 0.3 is 0 Å². The van der Waals surface area contributed by atoms with Crippen molar-refractivity contribution in [1.29, 1.82) is 0 Å². The monoisotopic (exact) mass is 195 g/mol. The molecular weight excluding hydrogens is 174 g/mol. The van der Waals surface area contributed by atoms with Crippen LogP contribution in [0.2, 0.25) is 0 Å². The van der Waals surface area contributed by atoms with E-state index in [-0.39, 0.29) is 5.91 Å². The number of allylic oxidation sites excluding steroid dienone is 2. The lowest BCUT2D eigenvalue weighted by Crippen LogP contribution is -2.23. The van der Waals surface area contributed by atoms with Gasteiger partial charge in [0.05, 0.1) is 0 Å². The SMILES string of the molecule is C=C(C)NC(=O)/C(CCC)=C(\C)CC. The minimum atomic E-state index is 0.0127. The Kier molecular flexibility index (Phi) is 5.93. The average Bonchev–Trinajstić information content (AvgIpc) is 2.11. The largest absolute Gasteiger partial charge is 0.327 e. The molecule has 80 valence electrons. The Bertz CT molecular complexity index is 251. The van der Waals surface area contributed by atoms with Gasteiger partial charge in [0.2, 0.25) is 0 Å². The first-order valence-corrected chi connectivity index (χ1v) is 5.18. The van der Waals surface area contributed by atoms with E-state index in [0.29, 0.717) is 5.70 Å². The van der Waals surface area contributed by atoms with Crippen LogP contribution in [-0.4, -0.2) is 5.91 Å². The van der Waals surface area contributed by atoms with Crippen molar-refractivity contribution in [2.75, 3.05) is 0 Å². The molecule has 0 rings (SSSR count). The van der Waals surface area contributed by atoms with Crippen LogP contribution in [0.3, 0.4) is 0 Å². The van der Waals surface area contributed by atoms with E-state index in [9.17, 15) is 4.79 Å². The molecule has 0 aromatic heterocycles. The van der Waals surface area contributed by atoms with Gasteiger partial charge in [0.15, 0.2) is 0 Å². The number of hydrogen-bond donors (Lipinski definition) is 1. The first-order chi connectivity index (χ1) is 6.52. The summed E-state index contributed by atoms with van der Waals surface area (Å²) in [6.45, 7) is 11.6. The smallest absolute Gasteiger partial charge is 0.251 e. The summed E-state index contributed by atoms with van der Waals surface area (Å²) in [7, 11) is 0. The summed E-state index contributed by atoms with van der Waals surface area (Å²) in [5.74, 6) is 0.0127. The van der Waals surface area contributed by atoms with Crippen LogP contribution >= 0.6 is 0 Å². The normalized spacial score (nSPS) is 12.0. The first kappa shape index (κ1) is 12.9. The summed E-state index contributed by atoms with van der Waals surface area (Å²) in [4.78, 5) is 11.7. The van der Waals surface area contributed by atoms with Crippen LogP contribution in [-0.2, 0) is 4.79 Å². The van der Waals surface area contributed by atoms with Gasteiger partial charge in [-0.05, 0) is 26.7 Å². The Labute approximate surface area is 87.1 Å². The summed E-state index contributed by atoms with van der Waals surface area (Å²) in [6.07, 6.45) is 2.77. The van der Waals surface area contributed by atoms with Crippen LogP contribution in [0.4, 0.5) is 0 Å². The fraction of sp³-hybridized carbons (Fsp3) is 0.583. The molecule has 0 bridgehead atoms. The quantitative estimate of drug-likeness (QED) is 0.671. The third kappa shape index (κ3) is 4.26. The molecule has 0 saturated heterocycles. The molecule has 0 saturated carbocycles. The van der Waals surface area contributed by atoms with Gasteiger partial charge in [-0.3, -0.25) is 4.79 Å². The van der Waals surface area contributed by atoms with Crippen molar-refractivity contribution >= 4 is 5.91 Å². The van der Waals surface area contributed by atoms with E-state index in [0.717, 1.165) is 24.8 Å². The molecule has 0 aliphatic heterocycles. The lowest BCUT2D eigenvalue weighted by Gasteiger charge is -2.10. The Morgan fingerprint density at radius 1 is 1.29 bits per heavy atom. The van der Waals surface area contributed by atoms with Crippen molar-refractivity contribution < 1.29 is 4.79 Å². The number of hydrogen-bond acceptors (Lipinski definition) is 1. The summed E-state index contributed by atoms with van der Waals surface area (Å²) in [5, 5.41) is 2.75. The highest BCUT2D eigenvalue weighted by Gasteiger charge is 2.10. The molecule has 0 aromatic rings. The molecule has 1 N–H and O–H groups in total. The van der Waals surface area contributed by atoms with Gasteiger partial charge in [-0.2, -0.15) is 0 Å². The second kappa shape index (κ2) is 6.41. The molecular formula is C12H21NO. The van der Waals surface area contributed by atoms with Gasteiger partial charge in [-0.1, -0.05) is 32.4 Å². The van der Waals surface area contributed by atoms with Gasteiger partial charge in [-0.15, -0.1) is 0 Å². The zero-order chi connectivity index (χ0) is 11.1. The molecule has 0 fully saturated rings. The Hall–Kier alpha value is -1.05. The van der Waals surface area contributed by atoms with E-state index in [4.69, 9.17) is 0 Å². The highest BCUT2D eigenvalue weighted by atomic mass is 16.1. The maximum absolute atomic E-state index is 11.7.